The zero-order valence-electron chi connectivity index (χ0n) is 8.60. The van der Waals surface area contributed by atoms with Gasteiger partial charge in [-0.15, -0.1) is 0 Å². The Hall–Kier alpha value is -1.29. The summed E-state index contributed by atoms with van der Waals surface area (Å²) in [7, 11) is 0. The second kappa shape index (κ2) is 4.81. The van der Waals surface area contributed by atoms with Crippen molar-refractivity contribution >= 4 is 5.91 Å². The van der Waals surface area contributed by atoms with Gasteiger partial charge in [0.2, 0.25) is 0 Å². The zero-order valence-corrected chi connectivity index (χ0v) is 8.60. The number of carbonyl (C=O) groups is 1. The lowest BCUT2D eigenvalue weighted by Gasteiger charge is -2.14. The van der Waals surface area contributed by atoms with Gasteiger partial charge in [-0.25, -0.2) is 0 Å². The lowest BCUT2D eigenvalue weighted by atomic mass is 10.0. The van der Waals surface area contributed by atoms with Gasteiger partial charge in [-0.1, -0.05) is 13.8 Å². The van der Waals surface area contributed by atoms with Crippen LogP contribution in [0.15, 0.2) is 24.5 Å². The van der Waals surface area contributed by atoms with E-state index in [0.717, 1.165) is 0 Å². The molecular weight excluding hydrogens is 178 g/mol. The molecule has 0 saturated carbocycles. The maximum absolute atomic E-state index is 11.5. The Kier molecular flexibility index (Phi) is 3.71. The summed E-state index contributed by atoms with van der Waals surface area (Å²) in [6.45, 7) is 4.09. The van der Waals surface area contributed by atoms with Gasteiger partial charge in [0.1, 0.15) is 0 Å². The molecule has 1 amide bonds. The fourth-order valence-electron chi connectivity index (χ4n) is 1.23. The first-order valence-electron chi connectivity index (χ1n) is 4.79. The molecule has 78 valence electrons. The zero-order chi connectivity index (χ0) is 10.6. The van der Waals surface area contributed by atoms with Crippen LogP contribution in [0.5, 0.6) is 0 Å². The van der Waals surface area contributed by atoms with Crippen molar-refractivity contribution in [3.05, 3.63) is 24.5 Å². The number of nitrogens with zero attached hydrogens (tertiary/aromatic N) is 1. The highest BCUT2D eigenvalue weighted by Crippen LogP contribution is 2.02. The highest BCUT2D eigenvalue weighted by atomic mass is 16.2. The van der Waals surface area contributed by atoms with Gasteiger partial charge in [-0.05, 0) is 24.5 Å². The summed E-state index contributed by atoms with van der Waals surface area (Å²) in [5, 5.41) is 0. The Morgan fingerprint density at radius 1 is 1.43 bits per heavy atom. The largest absolute Gasteiger partial charge is 0.320 e. The molecule has 0 aliphatic carbocycles. The van der Waals surface area contributed by atoms with Crippen LogP contribution in [-0.4, -0.2) is 16.6 Å². The van der Waals surface area contributed by atoms with Gasteiger partial charge >= 0.3 is 0 Å². The fraction of sp³-hybridized carbons (Fsp3) is 0.500. The van der Waals surface area contributed by atoms with Gasteiger partial charge in [-0.3, -0.25) is 14.9 Å². The van der Waals surface area contributed by atoms with Crippen LogP contribution < -0.4 is 11.2 Å². The van der Waals surface area contributed by atoms with E-state index in [2.05, 4.69) is 5.43 Å². The molecule has 1 heterocycles. The molecule has 0 spiro atoms. The molecular formula is C10H17N3O. The van der Waals surface area contributed by atoms with Crippen molar-refractivity contribution in [2.45, 2.75) is 26.3 Å². The third-order valence-corrected chi connectivity index (χ3v) is 1.91. The third kappa shape index (κ3) is 3.22. The van der Waals surface area contributed by atoms with Gasteiger partial charge in [-0.2, -0.15) is 0 Å². The lowest BCUT2D eigenvalue weighted by molar-refractivity contribution is -0.118. The number of nitrogens with one attached hydrogen (secondary N) is 1. The Morgan fingerprint density at radius 2 is 2.00 bits per heavy atom. The van der Waals surface area contributed by atoms with E-state index in [0.29, 0.717) is 12.3 Å². The van der Waals surface area contributed by atoms with E-state index in [1.807, 2.05) is 26.0 Å². The average Bonchev–Trinajstić information content (AvgIpc) is 2.55. The smallest absolute Gasteiger partial charge is 0.255 e. The molecule has 0 unspecified atom stereocenters. The van der Waals surface area contributed by atoms with Crippen molar-refractivity contribution in [1.29, 1.82) is 0 Å². The molecule has 0 aliphatic heterocycles. The molecule has 4 heteroatoms. The Labute approximate surface area is 84.1 Å². The number of hydrogen-bond acceptors (Lipinski definition) is 2. The van der Waals surface area contributed by atoms with E-state index in [1.165, 1.54) is 0 Å². The fourth-order valence-corrected chi connectivity index (χ4v) is 1.23. The lowest BCUT2D eigenvalue weighted by Crippen LogP contribution is -2.39. The summed E-state index contributed by atoms with van der Waals surface area (Å²) in [6.07, 6.45) is 4.23. The molecule has 1 aromatic rings. The number of amides is 1. The Balaban J connectivity index is 2.42. The Bertz CT molecular complexity index is 280. The van der Waals surface area contributed by atoms with Crippen LogP contribution in [0.1, 0.15) is 20.3 Å². The number of nitrogens with two attached hydrogens (primary N) is 1. The number of rotatable bonds is 4. The summed E-state index contributed by atoms with van der Waals surface area (Å²) in [5.74, 6) is 0.287. The highest BCUT2D eigenvalue weighted by molar-refractivity contribution is 5.88. The minimum absolute atomic E-state index is 0.144. The minimum atomic E-state index is -0.433. The van der Waals surface area contributed by atoms with Gasteiger partial charge in [0.15, 0.2) is 0 Å². The molecule has 0 bridgehead atoms. The normalized spacial score (nSPS) is 12.9. The van der Waals surface area contributed by atoms with Crippen molar-refractivity contribution in [2.24, 2.45) is 11.7 Å². The van der Waals surface area contributed by atoms with Crippen molar-refractivity contribution in [3.8, 4) is 0 Å². The molecule has 1 aromatic heterocycles. The standard InChI is InChI=1S/C10H17N3O/c1-8(2)7-9(11)10(14)12-13-5-3-4-6-13/h3-6,8-9H,7,11H2,1-2H3,(H,12,14)/t9-/m0/s1. The van der Waals surface area contributed by atoms with Crippen LogP contribution in [0.2, 0.25) is 0 Å². The summed E-state index contributed by atoms with van der Waals surface area (Å²) >= 11 is 0. The first kappa shape index (κ1) is 10.8. The second-order valence-corrected chi connectivity index (χ2v) is 3.80. The predicted octanol–water partition coefficient (Wildman–Crippen LogP) is 0.932. The van der Waals surface area contributed by atoms with Crippen molar-refractivity contribution in [3.63, 3.8) is 0 Å². The van der Waals surface area contributed by atoms with Gasteiger partial charge in [0, 0.05) is 12.4 Å². The quantitative estimate of drug-likeness (QED) is 0.751. The van der Waals surface area contributed by atoms with E-state index < -0.39 is 6.04 Å². The topological polar surface area (TPSA) is 60.1 Å². The number of aromatic nitrogens is 1. The predicted molar refractivity (Wildman–Crippen MR) is 56.2 cm³/mol. The third-order valence-electron chi connectivity index (χ3n) is 1.91. The van der Waals surface area contributed by atoms with E-state index in [-0.39, 0.29) is 5.91 Å². The highest BCUT2D eigenvalue weighted by Gasteiger charge is 2.14. The van der Waals surface area contributed by atoms with Gasteiger partial charge < -0.3 is 5.73 Å². The van der Waals surface area contributed by atoms with E-state index in [1.54, 1.807) is 17.1 Å². The first-order valence-corrected chi connectivity index (χ1v) is 4.79. The van der Waals surface area contributed by atoms with Crippen molar-refractivity contribution in [1.82, 2.24) is 4.68 Å². The van der Waals surface area contributed by atoms with Crippen LogP contribution >= 0.6 is 0 Å². The van der Waals surface area contributed by atoms with Crippen LogP contribution in [0.3, 0.4) is 0 Å². The molecule has 3 N–H and O–H groups in total. The maximum Gasteiger partial charge on any atom is 0.255 e. The summed E-state index contributed by atoms with van der Waals surface area (Å²) < 4.78 is 1.60. The van der Waals surface area contributed by atoms with E-state index >= 15 is 0 Å². The molecule has 4 nitrogen and oxygen atoms in total. The first-order chi connectivity index (χ1) is 6.59. The molecule has 0 aromatic carbocycles. The molecule has 0 saturated heterocycles. The van der Waals surface area contributed by atoms with Crippen LogP contribution in [0.4, 0.5) is 0 Å². The van der Waals surface area contributed by atoms with Crippen molar-refractivity contribution in [2.75, 3.05) is 5.43 Å². The summed E-state index contributed by atoms with van der Waals surface area (Å²) in [5.41, 5.74) is 8.39. The molecule has 0 fully saturated rings. The molecule has 1 rings (SSSR count). The van der Waals surface area contributed by atoms with Crippen LogP contribution in [0, 0.1) is 5.92 Å². The number of hydrogen-bond donors (Lipinski definition) is 2. The van der Waals surface area contributed by atoms with Gasteiger partial charge in [0.05, 0.1) is 6.04 Å². The van der Waals surface area contributed by atoms with Crippen LogP contribution in [-0.2, 0) is 4.79 Å². The molecule has 0 radical (unpaired) electrons. The van der Waals surface area contributed by atoms with Crippen molar-refractivity contribution < 1.29 is 4.79 Å². The van der Waals surface area contributed by atoms with E-state index in [4.69, 9.17) is 5.73 Å². The maximum atomic E-state index is 11.5. The summed E-state index contributed by atoms with van der Waals surface area (Å²) in [6, 6.07) is 3.25. The monoisotopic (exact) mass is 195 g/mol. The SMILES string of the molecule is CC(C)C[C@H](N)C(=O)Nn1cccc1. The average molecular weight is 195 g/mol. The minimum Gasteiger partial charge on any atom is -0.320 e. The summed E-state index contributed by atoms with van der Waals surface area (Å²) in [4.78, 5) is 11.5. The van der Waals surface area contributed by atoms with Crippen LogP contribution in [0.25, 0.3) is 0 Å². The second-order valence-electron chi connectivity index (χ2n) is 3.80. The van der Waals surface area contributed by atoms with Gasteiger partial charge in [0.25, 0.3) is 5.91 Å². The molecule has 0 aliphatic rings. The molecule has 14 heavy (non-hydrogen) atoms. The molecule has 1 atom stereocenters. The Morgan fingerprint density at radius 3 is 2.50 bits per heavy atom. The van der Waals surface area contributed by atoms with E-state index in [9.17, 15) is 4.79 Å². The number of carbonyl (C=O) groups excluding carboxylic acids is 1.